The molecule has 3 N–H and O–H groups in total. The average molecular weight is 490 g/mol. The lowest BCUT2D eigenvalue weighted by Gasteiger charge is -2.24. The fourth-order valence-corrected chi connectivity index (χ4v) is 3.22. The van der Waals surface area contributed by atoms with Crippen LogP contribution in [0.15, 0.2) is 4.99 Å². The fraction of sp³-hybridized carbons (Fsp3) is 0.737. The van der Waals surface area contributed by atoms with Gasteiger partial charge in [-0.2, -0.15) is 5.10 Å². The van der Waals surface area contributed by atoms with Gasteiger partial charge in [-0.15, -0.1) is 24.0 Å². The van der Waals surface area contributed by atoms with Gasteiger partial charge in [-0.25, -0.2) is 0 Å². The molecule has 0 bridgehead atoms. The van der Waals surface area contributed by atoms with E-state index in [0.717, 1.165) is 43.9 Å². The highest BCUT2D eigenvalue weighted by atomic mass is 127. The van der Waals surface area contributed by atoms with Crippen LogP contribution < -0.4 is 16.0 Å². The Balaban J connectivity index is 0.00000364. The summed E-state index contributed by atoms with van der Waals surface area (Å²) in [5, 5.41) is 14.2. The lowest BCUT2D eigenvalue weighted by Crippen LogP contribution is -2.44. The Labute approximate surface area is 180 Å². The van der Waals surface area contributed by atoms with Crippen molar-refractivity contribution < 1.29 is 4.79 Å². The Kier molecular flexibility index (Phi) is 10.1. The molecule has 1 heterocycles. The van der Waals surface area contributed by atoms with Gasteiger partial charge in [-0.3, -0.25) is 14.5 Å². The number of carbonyl (C=O) groups is 1. The van der Waals surface area contributed by atoms with Crippen molar-refractivity contribution in [1.82, 2.24) is 25.7 Å². The van der Waals surface area contributed by atoms with Crippen LogP contribution in [-0.2, 0) is 18.3 Å². The van der Waals surface area contributed by atoms with Gasteiger partial charge in [0.1, 0.15) is 0 Å². The van der Waals surface area contributed by atoms with Gasteiger partial charge in [0.05, 0.1) is 5.69 Å². The van der Waals surface area contributed by atoms with E-state index in [4.69, 9.17) is 0 Å². The molecule has 1 aliphatic rings. The molecule has 154 valence electrons. The molecule has 1 saturated carbocycles. The Bertz CT molecular complexity index is 638. The van der Waals surface area contributed by atoms with Gasteiger partial charge in [0.2, 0.25) is 5.91 Å². The number of guanidine groups is 1. The third-order valence-electron chi connectivity index (χ3n) is 5.20. The predicted molar refractivity (Wildman–Crippen MR) is 121 cm³/mol. The second-order valence-electron chi connectivity index (χ2n) is 7.29. The lowest BCUT2D eigenvalue weighted by molar-refractivity contribution is -0.127. The normalized spacial score (nSPS) is 15.5. The molecule has 1 atom stereocenters. The summed E-state index contributed by atoms with van der Waals surface area (Å²) in [5.41, 5.74) is 3.59. The summed E-state index contributed by atoms with van der Waals surface area (Å²) in [7, 11) is 3.76. The van der Waals surface area contributed by atoms with Crippen molar-refractivity contribution in [1.29, 1.82) is 0 Å². The molecule has 1 aliphatic carbocycles. The molecule has 1 amide bonds. The zero-order chi connectivity index (χ0) is 19.1. The van der Waals surface area contributed by atoms with Crippen LogP contribution in [0.3, 0.4) is 0 Å². The highest BCUT2D eigenvalue weighted by Crippen LogP contribution is 2.26. The first kappa shape index (κ1) is 23.7. The number of aliphatic imine (C=N–C) groups is 1. The molecule has 1 fully saturated rings. The Morgan fingerprint density at radius 3 is 2.48 bits per heavy atom. The number of nitrogens with zero attached hydrogens (tertiary/aromatic N) is 3. The van der Waals surface area contributed by atoms with Crippen LogP contribution >= 0.6 is 24.0 Å². The van der Waals surface area contributed by atoms with E-state index in [2.05, 4.69) is 46.8 Å². The van der Waals surface area contributed by atoms with Gasteiger partial charge in [0.25, 0.3) is 0 Å². The number of hydrogen-bond donors (Lipinski definition) is 3. The first-order chi connectivity index (χ1) is 12.4. The van der Waals surface area contributed by atoms with Crippen LogP contribution in [0.4, 0.5) is 0 Å². The molecule has 1 unspecified atom stereocenters. The molecule has 8 heteroatoms. The SMILES string of the molecule is CN=C(NCCCNC(=O)C1CCC1)NC(C)Cc1c(C)nn(C)c1C.I. The number of aryl methyl sites for hydroxylation is 2. The smallest absolute Gasteiger partial charge is 0.223 e. The molecular weight excluding hydrogens is 455 g/mol. The third kappa shape index (κ3) is 6.97. The molecule has 0 aromatic carbocycles. The quantitative estimate of drug-likeness (QED) is 0.226. The molecular formula is C19H35IN6O. The molecule has 2 rings (SSSR count). The molecule has 1 aromatic heterocycles. The Hall–Kier alpha value is -1.32. The van der Waals surface area contributed by atoms with E-state index in [1.807, 2.05) is 11.7 Å². The summed E-state index contributed by atoms with van der Waals surface area (Å²) in [5.74, 6) is 1.27. The van der Waals surface area contributed by atoms with Crippen molar-refractivity contribution in [3.8, 4) is 0 Å². The van der Waals surface area contributed by atoms with Crippen LogP contribution in [0.5, 0.6) is 0 Å². The van der Waals surface area contributed by atoms with E-state index in [1.165, 1.54) is 17.7 Å². The molecule has 7 nitrogen and oxygen atoms in total. The highest BCUT2D eigenvalue weighted by molar-refractivity contribution is 14.0. The second-order valence-corrected chi connectivity index (χ2v) is 7.29. The second kappa shape index (κ2) is 11.5. The van der Waals surface area contributed by atoms with Crippen LogP contribution in [0.2, 0.25) is 0 Å². The number of amides is 1. The van der Waals surface area contributed by atoms with Gasteiger partial charge in [-0.05, 0) is 52.0 Å². The maximum absolute atomic E-state index is 11.8. The largest absolute Gasteiger partial charge is 0.356 e. The van der Waals surface area contributed by atoms with Crippen LogP contribution in [0.25, 0.3) is 0 Å². The molecule has 0 aliphatic heterocycles. The van der Waals surface area contributed by atoms with Crippen molar-refractivity contribution in [3.63, 3.8) is 0 Å². The van der Waals surface area contributed by atoms with Crippen molar-refractivity contribution in [2.75, 3.05) is 20.1 Å². The minimum absolute atomic E-state index is 0. The summed E-state index contributed by atoms with van der Waals surface area (Å²) in [4.78, 5) is 16.1. The third-order valence-corrected chi connectivity index (χ3v) is 5.20. The zero-order valence-electron chi connectivity index (χ0n) is 17.3. The van der Waals surface area contributed by atoms with E-state index in [9.17, 15) is 4.79 Å². The van der Waals surface area contributed by atoms with Crippen molar-refractivity contribution in [3.05, 3.63) is 17.0 Å². The van der Waals surface area contributed by atoms with E-state index in [0.29, 0.717) is 6.54 Å². The summed E-state index contributed by atoms with van der Waals surface area (Å²) >= 11 is 0. The standard InChI is InChI=1S/C19H34N6O.HI/c1-13(12-17-14(2)24-25(5)15(17)3)23-19(20-4)22-11-7-10-21-18(26)16-8-6-9-16;/h13,16H,6-12H2,1-5H3,(H,21,26)(H2,20,22,23);1H. The van der Waals surface area contributed by atoms with Gasteiger partial charge < -0.3 is 16.0 Å². The summed E-state index contributed by atoms with van der Waals surface area (Å²) < 4.78 is 1.93. The van der Waals surface area contributed by atoms with Crippen LogP contribution in [-0.4, -0.2) is 47.8 Å². The highest BCUT2D eigenvalue weighted by Gasteiger charge is 2.24. The van der Waals surface area contributed by atoms with Gasteiger partial charge in [-0.1, -0.05) is 6.42 Å². The predicted octanol–water partition coefficient (Wildman–Crippen LogP) is 2.06. The summed E-state index contributed by atoms with van der Waals surface area (Å²) in [6.07, 6.45) is 5.08. The van der Waals surface area contributed by atoms with Gasteiger partial charge >= 0.3 is 0 Å². The lowest BCUT2D eigenvalue weighted by atomic mass is 9.85. The van der Waals surface area contributed by atoms with Crippen molar-refractivity contribution in [2.45, 2.75) is 58.9 Å². The fourth-order valence-electron chi connectivity index (χ4n) is 3.22. The molecule has 0 saturated heterocycles. The minimum Gasteiger partial charge on any atom is -0.356 e. The zero-order valence-corrected chi connectivity index (χ0v) is 19.6. The van der Waals surface area contributed by atoms with Crippen molar-refractivity contribution in [2.24, 2.45) is 18.0 Å². The molecule has 1 aromatic rings. The molecule has 27 heavy (non-hydrogen) atoms. The van der Waals surface area contributed by atoms with Crippen LogP contribution in [0, 0.1) is 19.8 Å². The summed E-state index contributed by atoms with van der Waals surface area (Å²) in [6, 6.07) is 0.251. The van der Waals surface area contributed by atoms with Gasteiger partial charge in [0, 0.05) is 44.8 Å². The van der Waals surface area contributed by atoms with Crippen LogP contribution in [0.1, 0.15) is 49.6 Å². The van der Waals surface area contributed by atoms with E-state index < -0.39 is 0 Å². The number of hydrogen-bond acceptors (Lipinski definition) is 3. The number of aromatic nitrogens is 2. The Morgan fingerprint density at radius 2 is 1.96 bits per heavy atom. The first-order valence-electron chi connectivity index (χ1n) is 9.66. The maximum Gasteiger partial charge on any atom is 0.223 e. The number of rotatable bonds is 8. The summed E-state index contributed by atoms with van der Waals surface area (Å²) in [6.45, 7) is 7.80. The van der Waals surface area contributed by atoms with Crippen molar-refractivity contribution >= 4 is 35.8 Å². The maximum atomic E-state index is 11.8. The minimum atomic E-state index is 0. The van der Waals surface area contributed by atoms with E-state index >= 15 is 0 Å². The number of halogens is 1. The topological polar surface area (TPSA) is 83.3 Å². The average Bonchev–Trinajstić information content (AvgIpc) is 2.78. The van der Waals surface area contributed by atoms with E-state index in [1.54, 1.807) is 7.05 Å². The monoisotopic (exact) mass is 490 g/mol. The van der Waals surface area contributed by atoms with Gasteiger partial charge in [0.15, 0.2) is 5.96 Å². The molecule has 0 radical (unpaired) electrons. The molecule has 0 spiro atoms. The number of carbonyl (C=O) groups excluding carboxylic acids is 1. The first-order valence-corrected chi connectivity index (χ1v) is 9.66. The Morgan fingerprint density at radius 1 is 1.30 bits per heavy atom. The van der Waals surface area contributed by atoms with E-state index in [-0.39, 0.29) is 41.8 Å². The number of nitrogens with one attached hydrogen (secondary N) is 3.